The molecule has 1 nitrogen and oxygen atoms in total. The second-order valence-corrected chi connectivity index (χ2v) is 21.1. The Balaban J connectivity index is 1.62. The number of benzene rings is 4. The van der Waals surface area contributed by atoms with E-state index in [0.717, 1.165) is 6.42 Å². The Labute approximate surface area is 235 Å². The molecule has 0 unspecified atom stereocenters. The average molecular weight is 540 g/mol. The van der Waals surface area contributed by atoms with Crippen molar-refractivity contribution < 1.29 is 0 Å². The first-order valence-electron chi connectivity index (χ1n) is 14.2. The summed E-state index contributed by atoms with van der Waals surface area (Å²) in [7, 11) is -4.07. The highest BCUT2D eigenvalue weighted by molar-refractivity contribution is 7.22. The molecule has 0 N–H and O–H groups in total. The highest BCUT2D eigenvalue weighted by Crippen LogP contribution is 2.32. The van der Waals surface area contributed by atoms with Gasteiger partial charge in [-0.1, -0.05) is 137 Å². The van der Waals surface area contributed by atoms with Gasteiger partial charge in [0, 0.05) is 11.8 Å². The predicted molar refractivity (Wildman–Crippen MR) is 174 cm³/mol. The van der Waals surface area contributed by atoms with E-state index in [1.54, 1.807) is 0 Å². The van der Waals surface area contributed by atoms with Crippen LogP contribution in [0.1, 0.15) is 19.4 Å². The minimum Gasteiger partial charge on any atom is -0.256 e. The summed E-state index contributed by atoms with van der Waals surface area (Å²) >= 11 is 0. The topological polar surface area (TPSA) is 12.9 Å². The maximum absolute atomic E-state index is 5.15. The molecule has 0 spiro atoms. The van der Waals surface area contributed by atoms with Crippen LogP contribution in [0.25, 0.3) is 22.4 Å². The van der Waals surface area contributed by atoms with E-state index >= 15 is 0 Å². The summed E-state index contributed by atoms with van der Waals surface area (Å²) in [6.07, 6.45) is 3.19. The van der Waals surface area contributed by atoms with E-state index in [9.17, 15) is 0 Å². The lowest BCUT2D eigenvalue weighted by atomic mass is 10.0. The van der Waals surface area contributed by atoms with Crippen LogP contribution < -0.4 is 25.9 Å². The van der Waals surface area contributed by atoms with Crippen molar-refractivity contribution in [2.45, 2.75) is 39.9 Å². The van der Waals surface area contributed by atoms with Crippen molar-refractivity contribution in [3.63, 3.8) is 0 Å². The lowest BCUT2D eigenvalue weighted by molar-refractivity contribution is 0.646. The molecular weight excluding hydrogens is 503 g/mol. The van der Waals surface area contributed by atoms with Gasteiger partial charge in [-0.3, -0.25) is 4.98 Å². The Morgan fingerprint density at radius 3 is 1.87 bits per heavy atom. The molecule has 39 heavy (non-hydrogen) atoms. The number of hydrogen-bond donors (Lipinski definition) is 0. The molecule has 1 aliphatic rings. The number of fused-ring (bicyclic) bond motifs is 3. The van der Waals surface area contributed by atoms with Crippen LogP contribution in [0.5, 0.6) is 0 Å². The standard InChI is InChI=1S/C36H37NSi2/c1-26(2)22-27-23-35(38(3,4)5)36(37-25-27)28-20-21-34-32(24-28)31-18-12-13-19-33(31)39(34,29-14-8-6-9-15-29)30-16-10-7-11-17-30/h6-21,23-26H,22H2,1-5H3. The van der Waals surface area contributed by atoms with Crippen molar-refractivity contribution in [2.75, 3.05) is 0 Å². The molecule has 0 aliphatic carbocycles. The molecule has 0 fully saturated rings. The first-order chi connectivity index (χ1) is 18.8. The maximum atomic E-state index is 5.15. The second kappa shape index (κ2) is 9.89. The van der Waals surface area contributed by atoms with E-state index in [-0.39, 0.29) is 0 Å². The van der Waals surface area contributed by atoms with Gasteiger partial charge in [0.1, 0.15) is 0 Å². The highest BCUT2D eigenvalue weighted by atomic mass is 28.3. The van der Waals surface area contributed by atoms with Crippen LogP contribution >= 0.6 is 0 Å². The van der Waals surface area contributed by atoms with Crippen LogP contribution in [-0.2, 0) is 6.42 Å². The fraction of sp³-hybridized carbons (Fsp3) is 0.194. The smallest absolute Gasteiger partial charge is 0.180 e. The molecule has 0 saturated heterocycles. The predicted octanol–water partition coefficient (Wildman–Crippen LogP) is 5.85. The zero-order valence-corrected chi connectivity index (χ0v) is 25.7. The zero-order chi connectivity index (χ0) is 27.2. The van der Waals surface area contributed by atoms with Gasteiger partial charge in [0.25, 0.3) is 0 Å². The number of rotatable bonds is 6. The lowest BCUT2D eigenvalue weighted by Crippen LogP contribution is -2.72. The van der Waals surface area contributed by atoms with Gasteiger partial charge >= 0.3 is 0 Å². The van der Waals surface area contributed by atoms with Crippen molar-refractivity contribution in [3.8, 4) is 22.4 Å². The van der Waals surface area contributed by atoms with Crippen LogP contribution in [0.3, 0.4) is 0 Å². The van der Waals surface area contributed by atoms with Crippen molar-refractivity contribution in [1.29, 1.82) is 0 Å². The van der Waals surface area contributed by atoms with Gasteiger partial charge in [-0.15, -0.1) is 0 Å². The van der Waals surface area contributed by atoms with Crippen molar-refractivity contribution >= 4 is 42.1 Å². The first-order valence-corrected chi connectivity index (χ1v) is 19.7. The van der Waals surface area contributed by atoms with E-state index < -0.39 is 16.1 Å². The summed E-state index contributed by atoms with van der Waals surface area (Å²) in [5, 5.41) is 7.31. The summed E-state index contributed by atoms with van der Waals surface area (Å²) < 4.78 is 0. The minimum absolute atomic E-state index is 0.623. The summed E-state index contributed by atoms with van der Waals surface area (Å²) in [6, 6.07) is 41.3. The molecule has 1 aliphatic heterocycles. The molecule has 5 aromatic rings. The molecule has 0 saturated carbocycles. The Morgan fingerprint density at radius 2 is 1.26 bits per heavy atom. The van der Waals surface area contributed by atoms with Crippen molar-refractivity contribution in [2.24, 2.45) is 5.92 Å². The zero-order valence-electron chi connectivity index (χ0n) is 23.7. The third kappa shape index (κ3) is 4.34. The Kier molecular flexibility index (Phi) is 6.52. The quantitative estimate of drug-likeness (QED) is 0.242. The van der Waals surface area contributed by atoms with Crippen LogP contribution in [0.2, 0.25) is 19.6 Å². The third-order valence-electron chi connectivity index (χ3n) is 8.13. The fourth-order valence-electron chi connectivity index (χ4n) is 6.49. The van der Waals surface area contributed by atoms with Gasteiger partial charge in [-0.25, -0.2) is 0 Å². The van der Waals surface area contributed by atoms with Crippen LogP contribution in [0, 0.1) is 5.92 Å². The summed E-state index contributed by atoms with van der Waals surface area (Å²) in [6.45, 7) is 11.9. The maximum Gasteiger partial charge on any atom is 0.180 e. The average Bonchev–Trinajstić information content (AvgIpc) is 3.24. The van der Waals surface area contributed by atoms with Crippen LogP contribution in [-0.4, -0.2) is 21.1 Å². The first kappa shape index (κ1) is 25.7. The van der Waals surface area contributed by atoms with Gasteiger partial charge in [0.15, 0.2) is 8.07 Å². The van der Waals surface area contributed by atoms with Gasteiger partial charge in [0.05, 0.1) is 13.8 Å². The van der Waals surface area contributed by atoms with E-state index in [1.165, 1.54) is 53.9 Å². The molecule has 3 heteroatoms. The fourth-order valence-corrected chi connectivity index (χ4v) is 13.2. The monoisotopic (exact) mass is 539 g/mol. The molecular formula is C36H37NSi2. The highest BCUT2D eigenvalue weighted by Gasteiger charge is 2.48. The molecule has 1 aromatic heterocycles. The van der Waals surface area contributed by atoms with E-state index in [2.05, 4.69) is 149 Å². The largest absolute Gasteiger partial charge is 0.256 e. The number of hydrogen-bond acceptors (Lipinski definition) is 1. The number of aromatic nitrogens is 1. The molecule has 0 bridgehead atoms. The summed E-state index contributed by atoms with van der Waals surface area (Å²) in [5.74, 6) is 0.623. The normalized spacial score (nSPS) is 13.8. The van der Waals surface area contributed by atoms with E-state index in [1.807, 2.05) is 0 Å². The van der Waals surface area contributed by atoms with E-state index in [0.29, 0.717) is 5.92 Å². The van der Waals surface area contributed by atoms with Gasteiger partial charge in [-0.2, -0.15) is 0 Å². The Bertz CT molecular complexity index is 1590. The molecule has 0 radical (unpaired) electrons. The van der Waals surface area contributed by atoms with Gasteiger partial charge < -0.3 is 0 Å². The van der Waals surface area contributed by atoms with Crippen LogP contribution in [0.4, 0.5) is 0 Å². The number of nitrogens with zero attached hydrogens (tertiary/aromatic N) is 1. The molecule has 0 amide bonds. The van der Waals surface area contributed by atoms with E-state index in [4.69, 9.17) is 4.98 Å². The molecule has 6 rings (SSSR count). The second-order valence-electron chi connectivity index (χ2n) is 12.4. The minimum atomic E-state index is -2.44. The lowest BCUT2D eigenvalue weighted by Gasteiger charge is -2.31. The molecule has 2 heterocycles. The van der Waals surface area contributed by atoms with Crippen LogP contribution in [0.15, 0.2) is 115 Å². The summed E-state index contributed by atoms with van der Waals surface area (Å²) in [4.78, 5) is 5.15. The molecule has 4 aromatic carbocycles. The Morgan fingerprint density at radius 1 is 0.667 bits per heavy atom. The van der Waals surface area contributed by atoms with Crippen molar-refractivity contribution in [3.05, 3.63) is 121 Å². The van der Waals surface area contributed by atoms with Gasteiger partial charge in [-0.05, 0) is 61.0 Å². The van der Waals surface area contributed by atoms with Gasteiger partial charge in [0.2, 0.25) is 0 Å². The third-order valence-corrected chi connectivity index (χ3v) is 15.0. The Hall–Kier alpha value is -3.54. The summed E-state index contributed by atoms with van der Waals surface area (Å²) in [5.41, 5.74) is 6.51. The molecule has 0 atom stereocenters. The SMILES string of the molecule is CC(C)Cc1cnc(-c2ccc3c(c2)-c2ccccc2[Si]3(c2ccccc2)c2ccccc2)c([Si](C)(C)C)c1. The van der Waals surface area contributed by atoms with Crippen molar-refractivity contribution in [1.82, 2.24) is 4.98 Å². The molecule has 194 valence electrons. The number of pyridine rings is 1.